The van der Waals surface area contributed by atoms with E-state index in [-0.39, 0.29) is 17.0 Å². The van der Waals surface area contributed by atoms with Gasteiger partial charge in [-0.3, -0.25) is 4.79 Å². The van der Waals surface area contributed by atoms with Gasteiger partial charge in [0.05, 0.1) is 23.5 Å². The highest BCUT2D eigenvalue weighted by molar-refractivity contribution is 6.07. The molecule has 0 heterocycles. The standard InChI is InChI=1S/C15H14F2N2O2/c1-2-21-14-10(4-3-5-12(14)18)15(20)19-13-7-6-9(16)8-11(13)17/h3-8H,2,18H2,1H3,(H,19,20). The second-order valence-corrected chi connectivity index (χ2v) is 4.24. The monoisotopic (exact) mass is 292 g/mol. The van der Waals surface area contributed by atoms with Crippen molar-refractivity contribution >= 4 is 17.3 Å². The van der Waals surface area contributed by atoms with Gasteiger partial charge in [-0.15, -0.1) is 0 Å². The Morgan fingerprint density at radius 1 is 1.29 bits per heavy atom. The van der Waals surface area contributed by atoms with Crippen molar-refractivity contribution in [1.82, 2.24) is 0 Å². The number of carbonyl (C=O) groups is 1. The predicted molar refractivity (Wildman–Crippen MR) is 76.3 cm³/mol. The number of hydrogen-bond acceptors (Lipinski definition) is 3. The maximum atomic E-state index is 13.5. The summed E-state index contributed by atoms with van der Waals surface area (Å²) in [4.78, 5) is 12.2. The van der Waals surface area contributed by atoms with Crippen molar-refractivity contribution in [3.8, 4) is 5.75 Å². The van der Waals surface area contributed by atoms with Gasteiger partial charge in [-0.05, 0) is 31.2 Å². The van der Waals surface area contributed by atoms with E-state index in [4.69, 9.17) is 10.5 Å². The number of nitrogens with one attached hydrogen (secondary N) is 1. The SMILES string of the molecule is CCOc1c(N)cccc1C(=O)Nc1ccc(F)cc1F. The maximum Gasteiger partial charge on any atom is 0.259 e. The number of anilines is 2. The molecule has 4 nitrogen and oxygen atoms in total. The number of ether oxygens (including phenoxy) is 1. The van der Waals surface area contributed by atoms with Crippen LogP contribution in [0.2, 0.25) is 0 Å². The lowest BCUT2D eigenvalue weighted by molar-refractivity contribution is 0.102. The molecule has 2 aromatic carbocycles. The number of para-hydroxylation sites is 1. The summed E-state index contributed by atoms with van der Waals surface area (Å²) in [5, 5.41) is 2.36. The third kappa shape index (κ3) is 3.28. The van der Waals surface area contributed by atoms with E-state index in [0.29, 0.717) is 18.4 Å². The Labute approximate surface area is 120 Å². The number of nitrogen functional groups attached to an aromatic ring is 1. The minimum atomic E-state index is -0.856. The zero-order valence-corrected chi connectivity index (χ0v) is 11.3. The second kappa shape index (κ2) is 6.21. The molecule has 3 N–H and O–H groups in total. The van der Waals surface area contributed by atoms with Crippen LogP contribution < -0.4 is 15.8 Å². The van der Waals surface area contributed by atoms with Crippen molar-refractivity contribution in [3.05, 3.63) is 53.6 Å². The minimum absolute atomic E-state index is 0.119. The van der Waals surface area contributed by atoms with E-state index in [2.05, 4.69) is 5.32 Å². The number of hydrogen-bond donors (Lipinski definition) is 2. The molecule has 1 amide bonds. The van der Waals surface area contributed by atoms with Gasteiger partial charge in [-0.2, -0.15) is 0 Å². The third-order valence-corrected chi connectivity index (χ3v) is 2.76. The summed E-state index contributed by atoms with van der Waals surface area (Å²) in [6.07, 6.45) is 0. The summed E-state index contributed by atoms with van der Waals surface area (Å²) in [6, 6.07) is 7.60. The molecule has 0 bridgehead atoms. The lowest BCUT2D eigenvalue weighted by Gasteiger charge is -2.13. The Morgan fingerprint density at radius 2 is 2.05 bits per heavy atom. The lowest BCUT2D eigenvalue weighted by atomic mass is 10.1. The molecule has 0 atom stereocenters. The van der Waals surface area contributed by atoms with Gasteiger partial charge in [-0.1, -0.05) is 6.07 Å². The van der Waals surface area contributed by atoms with Crippen LogP contribution in [0.5, 0.6) is 5.75 Å². The molecular formula is C15H14F2N2O2. The highest BCUT2D eigenvalue weighted by atomic mass is 19.1. The number of nitrogens with two attached hydrogens (primary N) is 1. The van der Waals surface area contributed by atoms with Crippen LogP contribution in [0.25, 0.3) is 0 Å². The molecule has 0 aliphatic rings. The summed E-state index contributed by atoms with van der Waals surface area (Å²) in [6.45, 7) is 2.09. The number of benzene rings is 2. The van der Waals surface area contributed by atoms with Crippen molar-refractivity contribution in [2.24, 2.45) is 0 Å². The molecule has 0 radical (unpaired) electrons. The van der Waals surface area contributed by atoms with Crippen LogP contribution in [0.1, 0.15) is 17.3 Å². The first-order valence-corrected chi connectivity index (χ1v) is 6.30. The molecule has 0 aliphatic heterocycles. The Kier molecular flexibility index (Phi) is 4.37. The average Bonchev–Trinajstić information content (AvgIpc) is 2.44. The van der Waals surface area contributed by atoms with Crippen molar-refractivity contribution in [2.45, 2.75) is 6.92 Å². The number of rotatable bonds is 4. The van der Waals surface area contributed by atoms with Gasteiger partial charge in [-0.25, -0.2) is 8.78 Å². The highest BCUT2D eigenvalue weighted by Gasteiger charge is 2.16. The van der Waals surface area contributed by atoms with Gasteiger partial charge in [0.1, 0.15) is 11.6 Å². The van der Waals surface area contributed by atoms with Gasteiger partial charge in [0, 0.05) is 6.07 Å². The number of carbonyl (C=O) groups excluding carboxylic acids is 1. The topological polar surface area (TPSA) is 64.3 Å². The largest absolute Gasteiger partial charge is 0.491 e. The van der Waals surface area contributed by atoms with Crippen LogP contribution in [0.4, 0.5) is 20.2 Å². The second-order valence-electron chi connectivity index (χ2n) is 4.24. The molecule has 0 saturated heterocycles. The van der Waals surface area contributed by atoms with Crippen LogP contribution in [-0.4, -0.2) is 12.5 Å². The first-order chi connectivity index (χ1) is 10.0. The van der Waals surface area contributed by atoms with Crippen LogP contribution in [-0.2, 0) is 0 Å². The fourth-order valence-corrected chi connectivity index (χ4v) is 1.82. The van der Waals surface area contributed by atoms with Crippen LogP contribution >= 0.6 is 0 Å². The molecule has 110 valence electrons. The van der Waals surface area contributed by atoms with E-state index in [1.54, 1.807) is 19.1 Å². The number of amides is 1. The summed E-state index contributed by atoms with van der Waals surface area (Å²) >= 11 is 0. The number of halogens is 2. The molecule has 0 spiro atoms. The zero-order valence-electron chi connectivity index (χ0n) is 11.3. The van der Waals surface area contributed by atoms with Crippen molar-refractivity contribution < 1.29 is 18.3 Å². The summed E-state index contributed by atoms with van der Waals surface area (Å²) in [7, 11) is 0. The maximum absolute atomic E-state index is 13.5. The lowest BCUT2D eigenvalue weighted by Crippen LogP contribution is -2.15. The molecule has 0 fully saturated rings. The molecule has 6 heteroatoms. The van der Waals surface area contributed by atoms with E-state index >= 15 is 0 Å². The summed E-state index contributed by atoms with van der Waals surface area (Å²) < 4.78 is 31.7. The molecule has 0 saturated carbocycles. The fourth-order valence-electron chi connectivity index (χ4n) is 1.82. The average molecular weight is 292 g/mol. The smallest absolute Gasteiger partial charge is 0.259 e. The van der Waals surface area contributed by atoms with Crippen LogP contribution in [0.3, 0.4) is 0 Å². The van der Waals surface area contributed by atoms with Gasteiger partial charge in [0.15, 0.2) is 5.75 Å². The Hall–Kier alpha value is -2.63. The first-order valence-electron chi connectivity index (χ1n) is 6.30. The van der Waals surface area contributed by atoms with Gasteiger partial charge in [0.25, 0.3) is 5.91 Å². The molecule has 21 heavy (non-hydrogen) atoms. The zero-order chi connectivity index (χ0) is 15.4. The predicted octanol–water partition coefficient (Wildman–Crippen LogP) is 3.20. The molecular weight excluding hydrogens is 278 g/mol. The van der Waals surface area contributed by atoms with Gasteiger partial charge in [0.2, 0.25) is 0 Å². The summed E-state index contributed by atoms with van der Waals surface area (Å²) in [5.74, 6) is -1.93. The van der Waals surface area contributed by atoms with Gasteiger partial charge >= 0.3 is 0 Å². The van der Waals surface area contributed by atoms with Crippen molar-refractivity contribution in [2.75, 3.05) is 17.7 Å². The van der Waals surface area contributed by atoms with Crippen LogP contribution in [0.15, 0.2) is 36.4 Å². The highest BCUT2D eigenvalue weighted by Crippen LogP contribution is 2.27. The normalized spacial score (nSPS) is 10.2. The molecule has 0 aromatic heterocycles. The molecule has 2 rings (SSSR count). The minimum Gasteiger partial charge on any atom is -0.491 e. The van der Waals surface area contributed by atoms with E-state index in [1.807, 2.05) is 0 Å². The Balaban J connectivity index is 2.30. The van der Waals surface area contributed by atoms with Gasteiger partial charge < -0.3 is 15.8 Å². The van der Waals surface area contributed by atoms with Crippen molar-refractivity contribution in [1.29, 1.82) is 0 Å². The molecule has 0 aliphatic carbocycles. The molecule has 0 unspecified atom stereocenters. The summed E-state index contributed by atoms with van der Waals surface area (Å²) in [5.41, 5.74) is 6.13. The third-order valence-electron chi connectivity index (χ3n) is 2.76. The van der Waals surface area contributed by atoms with Crippen LogP contribution in [0, 0.1) is 11.6 Å². The van der Waals surface area contributed by atoms with E-state index in [0.717, 1.165) is 12.1 Å². The Morgan fingerprint density at radius 3 is 2.71 bits per heavy atom. The fraction of sp³-hybridized carbons (Fsp3) is 0.133. The van der Waals surface area contributed by atoms with E-state index < -0.39 is 17.5 Å². The van der Waals surface area contributed by atoms with E-state index in [1.165, 1.54) is 6.07 Å². The molecule has 2 aromatic rings. The Bertz CT molecular complexity index is 675. The van der Waals surface area contributed by atoms with Crippen molar-refractivity contribution in [3.63, 3.8) is 0 Å². The first kappa shape index (κ1) is 14.8. The quantitative estimate of drug-likeness (QED) is 0.851. The van der Waals surface area contributed by atoms with E-state index in [9.17, 15) is 13.6 Å².